The van der Waals surface area contributed by atoms with E-state index in [-0.39, 0.29) is 11.5 Å². The van der Waals surface area contributed by atoms with Gasteiger partial charge in [0.05, 0.1) is 0 Å². The SMILES string of the molecule is COCCC(C)(C)CNC(C)c1cccc(O)c1. The second kappa shape index (κ2) is 6.76. The van der Waals surface area contributed by atoms with E-state index in [2.05, 4.69) is 26.1 Å². The topological polar surface area (TPSA) is 41.5 Å². The van der Waals surface area contributed by atoms with Crippen LogP contribution in [-0.4, -0.2) is 25.4 Å². The Labute approximate surface area is 110 Å². The lowest BCUT2D eigenvalue weighted by Crippen LogP contribution is -2.32. The van der Waals surface area contributed by atoms with Crippen LogP contribution in [-0.2, 0) is 4.74 Å². The maximum absolute atomic E-state index is 9.46. The smallest absolute Gasteiger partial charge is 0.115 e. The zero-order chi connectivity index (χ0) is 13.6. The van der Waals surface area contributed by atoms with Crippen molar-refractivity contribution in [1.82, 2.24) is 5.32 Å². The van der Waals surface area contributed by atoms with Gasteiger partial charge in [-0.3, -0.25) is 0 Å². The molecule has 0 aromatic heterocycles. The molecule has 1 atom stereocenters. The summed E-state index contributed by atoms with van der Waals surface area (Å²) < 4.78 is 5.12. The third kappa shape index (κ3) is 5.07. The molecule has 3 nitrogen and oxygen atoms in total. The second-order valence-corrected chi connectivity index (χ2v) is 5.60. The van der Waals surface area contributed by atoms with E-state index in [1.807, 2.05) is 12.1 Å². The van der Waals surface area contributed by atoms with E-state index in [1.54, 1.807) is 19.2 Å². The van der Waals surface area contributed by atoms with Crippen LogP contribution in [0.15, 0.2) is 24.3 Å². The highest BCUT2D eigenvalue weighted by atomic mass is 16.5. The van der Waals surface area contributed by atoms with Gasteiger partial charge in [0.2, 0.25) is 0 Å². The molecule has 0 spiro atoms. The van der Waals surface area contributed by atoms with Gasteiger partial charge < -0.3 is 15.2 Å². The molecular weight excluding hydrogens is 226 g/mol. The quantitative estimate of drug-likeness (QED) is 0.782. The first-order valence-electron chi connectivity index (χ1n) is 6.46. The first-order chi connectivity index (χ1) is 8.44. The molecule has 0 aliphatic rings. The molecule has 0 aliphatic carbocycles. The molecule has 3 heteroatoms. The Morgan fingerprint density at radius 3 is 2.72 bits per heavy atom. The van der Waals surface area contributed by atoms with Crippen molar-refractivity contribution in [2.45, 2.75) is 33.2 Å². The Morgan fingerprint density at radius 1 is 1.39 bits per heavy atom. The minimum Gasteiger partial charge on any atom is -0.508 e. The first-order valence-corrected chi connectivity index (χ1v) is 6.46. The van der Waals surface area contributed by atoms with Crippen molar-refractivity contribution in [3.8, 4) is 5.75 Å². The lowest BCUT2D eigenvalue weighted by Gasteiger charge is -2.27. The fourth-order valence-corrected chi connectivity index (χ4v) is 1.81. The molecule has 18 heavy (non-hydrogen) atoms. The zero-order valence-electron chi connectivity index (χ0n) is 11.9. The predicted molar refractivity (Wildman–Crippen MR) is 74.8 cm³/mol. The third-order valence-electron chi connectivity index (χ3n) is 3.24. The summed E-state index contributed by atoms with van der Waals surface area (Å²) in [4.78, 5) is 0. The lowest BCUT2D eigenvalue weighted by molar-refractivity contribution is 0.149. The average Bonchev–Trinajstić information content (AvgIpc) is 2.34. The summed E-state index contributed by atoms with van der Waals surface area (Å²) in [5, 5.41) is 13.0. The number of hydrogen-bond acceptors (Lipinski definition) is 3. The van der Waals surface area contributed by atoms with E-state index in [9.17, 15) is 5.11 Å². The van der Waals surface area contributed by atoms with E-state index in [1.165, 1.54) is 0 Å². The number of benzene rings is 1. The molecule has 0 fully saturated rings. The van der Waals surface area contributed by atoms with Gasteiger partial charge in [-0.05, 0) is 36.5 Å². The Balaban J connectivity index is 2.48. The summed E-state index contributed by atoms with van der Waals surface area (Å²) in [5.41, 5.74) is 1.32. The summed E-state index contributed by atoms with van der Waals surface area (Å²) >= 11 is 0. The number of methoxy groups -OCH3 is 1. The minimum atomic E-state index is 0.209. The number of rotatable bonds is 7. The van der Waals surface area contributed by atoms with Crippen LogP contribution in [0.4, 0.5) is 0 Å². The highest BCUT2D eigenvalue weighted by Gasteiger charge is 2.18. The van der Waals surface area contributed by atoms with E-state index in [0.717, 1.165) is 25.1 Å². The second-order valence-electron chi connectivity index (χ2n) is 5.60. The van der Waals surface area contributed by atoms with Gasteiger partial charge in [0.15, 0.2) is 0 Å². The first kappa shape index (κ1) is 15.0. The van der Waals surface area contributed by atoms with Crippen LogP contribution in [0.1, 0.15) is 38.8 Å². The molecule has 1 unspecified atom stereocenters. The summed E-state index contributed by atoms with van der Waals surface area (Å²) in [5.74, 6) is 0.319. The molecule has 0 radical (unpaired) electrons. The normalized spacial score (nSPS) is 13.6. The summed E-state index contributed by atoms with van der Waals surface area (Å²) in [7, 11) is 1.73. The monoisotopic (exact) mass is 251 g/mol. The van der Waals surface area contributed by atoms with Crippen LogP contribution in [0.3, 0.4) is 0 Å². The third-order valence-corrected chi connectivity index (χ3v) is 3.24. The molecule has 2 N–H and O–H groups in total. The minimum absolute atomic E-state index is 0.209. The number of nitrogens with one attached hydrogen (secondary N) is 1. The van der Waals surface area contributed by atoms with Crippen LogP contribution >= 0.6 is 0 Å². The number of phenolic OH excluding ortho intramolecular Hbond substituents is 1. The maximum atomic E-state index is 9.46. The fraction of sp³-hybridized carbons (Fsp3) is 0.600. The molecule has 0 aliphatic heterocycles. The Morgan fingerprint density at radius 2 is 2.11 bits per heavy atom. The van der Waals surface area contributed by atoms with Gasteiger partial charge in [-0.2, -0.15) is 0 Å². The Bertz CT molecular complexity index is 363. The number of hydrogen-bond donors (Lipinski definition) is 2. The number of ether oxygens (including phenoxy) is 1. The van der Waals surface area contributed by atoms with Crippen LogP contribution in [0.25, 0.3) is 0 Å². The van der Waals surface area contributed by atoms with Crippen molar-refractivity contribution in [1.29, 1.82) is 0 Å². The van der Waals surface area contributed by atoms with E-state index in [4.69, 9.17) is 4.74 Å². The molecule has 1 aromatic rings. The van der Waals surface area contributed by atoms with Crippen molar-refractivity contribution in [3.63, 3.8) is 0 Å². The summed E-state index contributed by atoms with van der Waals surface area (Å²) in [6, 6.07) is 7.63. The van der Waals surface area contributed by atoms with Gasteiger partial charge >= 0.3 is 0 Å². The number of aromatic hydroxyl groups is 1. The molecule has 0 amide bonds. The van der Waals surface area contributed by atoms with Crippen LogP contribution in [0.2, 0.25) is 0 Å². The molecule has 0 bridgehead atoms. The van der Waals surface area contributed by atoms with Crippen molar-refractivity contribution in [2.24, 2.45) is 5.41 Å². The zero-order valence-corrected chi connectivity index (χ0v) is 11.9. The van der Waals surface area contributed by atoms with Gasteiger partial charge in [0.25, 0.3) is 0 Å². The molecule has 0 heterocycles. The van der Waals surface area contributed by atoms with Gasteiger partial charge in [0, 0.05) is 26.3 Å². The van der Waals surface area contributed by atoms with Gasteiger partial charge in [-0.25, -0.2) is 0 Å². The largest absolute Gasteiger partial charge is 0.508 e. The average molecular weight is 251 g/mol. The molecule has 1 aromatic carbocycles. The van der Waals surface area contributed by atoms with Crippen LogP contribution in [0.5, 0.6) is 5.75 Å². The van der Waals surface area contributed by atoms with Gasteiger partial charge in [-0.1, -0.05) is 26.0 Å². The Kier molecular flexibility index (Phi) is 5.63. The highest BCUT2D eigenvalue weighted by Crippen LogP contribution is 2.22. The molecule has 1 rings (SSSR count). The maximum Gasteiger partial charge on any atom is 0.115 e. The van der Waals surface area contributed by atoms with Crippen molar-refractivity contribution in [3.05, 3.63) is 29.8 Å². The van der Waals surface area contributed by atoms with Crippen LogP contribution in [0, 0.1) is 5.41 Å². The van der Waals surface area contributed by atoms with Gasteiger partial charge in [-0.15, -0.1) is 0 Å². The standard InChI is InChI=1S/C15H25NO2/c1-12(13-6-5-7-14(17)10-13)16-11-15(2,3)8-9-18-4/h5-7,10,12,16-17H,8-9,11H2,1-4H3. The predicted octanol–water partition coefficient (Wildman–Crippen LogP) is 3.11. The molecule has 102 valence electrons. The van der Waals surface area contributed by atoms with E-state index >= 15 is 0 Å². The Hall–Kier alpha value is -1.06. The molecular formula is C15H25NO2. The summed E-state index contributed by atoms with van der Waals surface area (Å²) in [6.45, 7) is 8.28. The van der Waals surface area contributed by atoms with E-state index < -0.39 is 0 Å². The van der Waals surface area contributed by atoms with Crippen molar-refractivity contribution in [2.75, 3.05) is 20.3 Å². The summed E-state index contributed by atoms with van der Waals surface area (Å²) in [6.07, 6.45) is 1.03. The highest BCUT2D eigenvalue weighted by molar-refractivity contribution is 5.29. The molecule has 0 saturated heterocycles. The molecule has 0 saturated carbocycles. The van der Waals surface area contributed by atoms with Crippen molar-refractivity contribution < 1.29 is 9.84 Å². The fourth-order valence-electron chi connectivity index (χ4n) is 1.81. The lowest BCUT2D eigenvalue weighted by atomic mass is 9.89. The number of phenols is 1. The van der Waals surface area contributed by atoms with Crippen LogP contribution < -0.4 is 5.32 Å². The van der Waals surface area contributed by atoms with E-state index in [0.29, 0.717) is 5.75 Å². The van der Waals surface area contributed by atoms with Crippen molar-refractivity contribution >= 4 is 0 Å². The van der Waals surface area contributed by atoms with Gasteiger partial charge in [0.1, 0.15) is 5.75 Å².